The molecule has 0 bridgehead atoms. The molecule has 136 valence electrons. The molecule has 26 heavy (non-hydrogen) atoms. The van der Waals surface area contributed by atoms with Gasteiger partial charge >= 0.3 is 6.18 Å². The van der Waals surface area contributed by atoms with Crippen molar-refractivity contribution in [3.8, 4) is 17.1 Å². The zero-order valence-corrected chi connectivity index (χ0v) is 14.8. The Balaban J connectivity index is 2.16. The van der Waals surface area contributed by atoms with Crippen LogP contribution in [0.5, 0.6) is 0 Å². The zero-order chi connectivity index (χ0) is 19.1. The second-order valence-corrected chi connectivity index (χ2v) is 7.89. The molecule has 3 aromatic rings. The highest BCUT2D eigenvalue weighted by Crippen LogP contribution is 2.31. The normalized spacial score (nSPS) is 12.3. The lowest BCUT2D eigenvalue weighted by Crippen LogP contribution is -2.08. The van der Waals surface area contributed by atoms with Gasteiger partial charge in [-0.05, 0) is 48.5 Å². The first kappa shape index (κ1) is 18.4. The maximum absolute atomic E-state index is 13.1. The molecule has 0 N–H and O–H groups in total. The summed E-state index contributed by atoms with van der Waals surface area (Å²) in [4.78, 5) is 3.64. The van der Waals surface area contributed by atoms with E-state index in [-0.39, 0.29) is 16.3 Å². The van der Waals surface area contributed by atoms with E-state index in [1.54, 1.807) is 0 Å². The summed E-state index contributed by atoms with van der Waals surface area (Å²) in [5.41, 5.74) is 0.620. The third kappa shape index (κ3) is 3.73. The van der Waals surface area contributed by atoms with Crippen molar-refractivity contribution in [2.75, 3.05) is 6.26 Å². The number of halogens is 4. The third-order valence-corrected chi connectivity index (χ3v) is 4.85. The van der Waals surface area contributed by atoms with Gasteiger partial charge in [0.2, 0.25) is 0 Å². The standard InChI is InChI=1S/C16H11ClF3N3O2S/c1-26(24,25)13-8-2-10(3-9-13)14-21-15(16(18,19)20)22-23(14)12-6-4-11(17)5-7-12/h2-9H,1H3. The van der Waals surface area contributed by atoms with Crippen LogP contribution in [0, 0.1) is 0 Å². The van der Waals surface area contributed by atoms with E-state index >= 15 is 0 Å². The molecule has 0 aliphatic rings. The molecule has 0 amide bonds. The molecule has 1 aromatic heterocycles. The zero-order valence-electron chi connectivity index (χ0n) is 13.2. The highest BCUT2D eigenvalue weighted by molar-refractivity contribution is 7.90. The largest absolute Gasteiger partial charge is 0.453 e. The summed E-state index contributed by atoms with van der Waals surface area (Å²) < 4.78 is 63.3. The summed E-state index contributed by atoms with van der Waals surface area (Å²) in [5.74, 6) is -1.37. The first-order valence-corrected chi connectivity index (χ1v) is 9.43. The fraction of sp³-hybridized carbons (Fsp3) is 0.125. The summed E-state index contributed by atoms with van der Waals surface area (Å²) in [6, 6.07) is 11.4. The Morgan fingerprint density at radius 2 is 1.58 bits per heavy atom. The van der Waals surface area contributed by atoms with Crippen molar-refractivity contribution in [1.29, 1.82) is 0 Å². The van der Waals surface area contributed by atoms with Gasteiger partial charge in [-0.3, -0.25) is 0 Å². The smallest absolute Gasteiger partial charge is 0.224 e. The molecule has 0 saturated heterocycles. The molecule has 0 unspecified atom stereocenters. The minimum Gasteiger partial charge on any atom is -0.224 e. The minimum atomic E-state index is -4.72. The van der Waals surface area contributed by atoms with Crippen LogP contribution in [0.4, 0.5) is 13.2 Å². The molecule has 0 spiro atoms. The van der Waals surface area contributed by atoms with Gasteiger partial charge in [0.05, 0.1) is 10.6 Å². The summed E-state index contributed by atoms with van der Waals surface area (Å²) in [5, 5.41) is 3.97. The quantitative estimate of drug-likeness (QED) is 0.665. The molecule has 1 heterocycles. The van der Waals surface area contributed by atoms with Crippen LogP contribution in [-0.4, -0.2) is 29.4 Å². The van der Waals surface area contributed by atoms with Crippen molar-refractivity contribution in [2.45, 2.75) is 11.1 Å². The number of alkyl halides is 3. The van der Waals surface area contributed by atoms with Crippen LogP contribution < -0.4 is 0 Å². The Kier molecular flexibility index (Phi) is 4.53. The lowest BCUT2D eigenvalue weighted by atomic mass is 10.2. The number of rotatable bonds is 3. The SMILES string of the molecule is CS(=O)(=O)c1ccc(-c2nc(C(F)(F)F)nn2-c2ccc(Cl)cc2)cc1. The maximum Gasteiger partial charge on any atom is 0.453 e. The molecule has 0 saturated carbocycles. The molecule has 0 fully saturated rings. The van der Waals surface area contributed by atoms with Gasteiger partial charge in [-0.25, -0.2) is 18.1 Å². The van der Waals surface area contributed by atoms with Gasteiger partial charge in [0.15, 0.2) is 15.7 Å². The molecule has 5 nitrogen and oxygen atoms in total. The Hall–Kier alpha value is -2.39. The molecule has 0 aliphatic heterocycles. The summed E-state index contributed by atoms with van der Waals surface area (Å²) in [6.45, 7) is 0. The summed E-state index contributed by atoms with van der Waals surface area (Å²) in [6.07, 6.45) is -3.68. The number of hydrogen-bond acceptors (Lipinski definition) is 4. The fourth-order valence-corrected chi connectivity index (χ4v) is 2.99. The van der Waals surface area contributed by atoms with Crippen LogP contribution in [0.2, 0.25) is 5.02 Å². The number of sulfone groups is 1. The molecule has 2 aromatic carbocycles. The number of hydrogen-bond donors (Lipinski definition) is 0. The van der Waals surface area contributed by atoms with E-state index in [0.29, 0.717) is 10.7 Å². The van der Waals surface area contributed by atoms with Gasteiger partial charge in [0, 0.05) is 16.8 Å². The predicted molar refractivity (Wildman–Crippen MR) is 89.9 cm³/mol. The first-order chi connectivity index (χ1) is 12.1. The predicted octanol–water partition coefficient (Wildman–Crippen LogP) is 4.01. The third-order valence-electron chi connectivity index (χ3n) is 3.47. The van der Waals surface area contributed by atoms with Crippen molar-refractivity contribution in [3.05, 3.63) is 59.4 Å². The van der Waals surface area contributed by atoms with Gasteiger partial charge in [0.1, 0.15) is 0 Å². The lowest BCUT2D eigenvalue weighted by molar-refractivity contribution is -0.144. The van der Waals surface area contributed by atoms with Gasteiger partial charge < -0.3 is 0 Å². The van der Waals surface area contributed by atoms with Crippen molar-refractivity contribution < 1.29 is 21.6 Å². The van der Waals surface area contributed by atoms with E-state index in [0.717, 1.165) is 10.9 Å². The number of nitrogens with zero attached hydrogens (tertiary/aromatic N) is 3. The van der Waals surface area contributed by atoms with Crippen LogP contribution >= 0.6 is 11.6 Å². The van der Waals surface area contributed by atoms with E-state index in [4.69, 9.17) is 11.6 Å². The van der Waals surface area contributed by atoms with Crippen LogP contribution in [-0.2, 0) is 16.0 Å². The lowest BCUT2D eigenvalue weighted by Gasteiger charge is -2.07. The summed E-state index contributed by atoms with van der Waals surface area (Å²) >= 11 is 5.81. The van der Waals surface area contributed by atoms with Gasteiger partial charge in [-0.15, -0.1) is 5.10 Å². The number of aromatic nitrogens is 3. The monoisotopic (exact) mass is 401 g/mol. The van der Waals surface area contributed by atoms with E-state index in [2.05, 4.69) is 10.1 Å². The molecule has 10 heteroatoms. The van der Waals surface area contributed by atoms with Crippen molar-refractivity contribution in [2.24, 2.45) is 0 Å². The fourth-order valence-electron chi connectivity index (χ4n) is 2.23. The maximum atomic E-state index is 13.1. The molecule has 3 rings (SSSR count). The van der Waals surface area contributed by atoms with Crippen molar-refractivity contribution in [1.82, 2.24) is 14.8 Å². The van der Waals surface area contributed by atoms with Gasteiger partial charge in [-0.2, -0.15) is 13.2 Å². The Bertz CT molecular complexity index is 1040. The number of benzene rings is 2. The molecule has 0 aliphatic carbocycles. The van der Waals surface area contributed by atoms with Crippen LogP contribution in [0.15, 0.2) is 53.4 Å². The molecular formula is C16H11ClF3N3O2S. The van der Waals surface area contributed by atoms with Gasteiger partial charge in [-0.1, -0.05) is 11.6 Å². The Morgan fingerprint density at radius 3 is 2.08 bits per heavy atom. The van der Waals surface area contributed by atoms with Crippen molar-refractivity contribution >= 4 is 21.4 Å². The highest BCUT2D eigenvalue weighted by atomic mass is 35.5. The van der Waals surface area contributed by atoms with E-state index in [1.165, 1.54) is 48.5 Å². The van der Waals surface area contributed by atoms with Crippen LogP contribution in [0.1, 0.15) is 5.82 Å². The minimum absolute atomic E-state index is 0.0508. The molecular weight excluding hydrogens is 391 g/mol. The highest BCUT2D eigenvalue weighted by Gasteiger charge is 2.37. The average molecular weight is 402 g/mol. The summed E-state index contributed by atoms with van der Waals surface area (Å²) in [7, 11) is -3.42. The van der Waals surface area contributed by atoms with E-state index < -0.39 is 21.8 Å². The molecule has 0 radical (unpaired) electrons. The van der Waals surface area contributed by atoms with Gasteiger partial charge in [0.25, 0.3) is 5.82 Å². The van der Waals surface area contributed by atoms with Crippen LogP contribution in [0.3, 0.4) is 0 Å². The van der Waals surface area contributed by atoms with E-state index in [9.17, 15) is 21.6 Å². The Morgan fingerprint density at radius 1 is 1.00 bits per heavy atom. The van der Waals surface area contributed by atoms with E-state index in [1.807, 2.05) is 0 Å². The second kappa shape index (κ2) is 6.40. The Labute approximate surface area is 152 Å². The van der Waals surface area contributed by atoms with Crippen LogP contribution in [0.25, 0.3) is 17.1 Å². The average Bonchev–Trinajstić information content (AvgIpc) is 3.00. The topological polar surface area (TPSA) is 64.8 Å². The van der Waals surface area contributed by atoms with Crippen molar-refractivity contribution in [3.63, 3.8) is 0 Å². The second-order valence-electron chi connectivity index (χ2n) is 5.44. The first-order valence-electron chi connectivity index (χ1n) is 7.16. The molecule has 0 atom stereocenters.